The number of nitrogens with zero attached hydrogens (tertiary/aromatic N) is 4. The fraction of sp³-hybridized carbons (Fsp3) is 0.0500. The zero-order valence-electron chi connectivity index (χ0n) is 14.5. The molecule has 0 amide bonds. The van der Waals surface area contributed by atoms with Gasteiger partial charge in [-0.3, -0.25) is 0 Å². The molecule has 0 atom stereocenters. The number of hydrogen-bond acceptors (Lipinski definition) is 5. The van der Waals surface area contributed by atoms with Crippen LogP contribution in [0, 0.1) is 5.82 Å². The number of benzene rings is 2. The average molecular weight is 361 g/mol. The maximum absolute atomic E-state index is 13.3. The third-order valence-corrected chi connectivity index (χ3v) is 3.95. The number of anilines is 2. The second kappa shape index (κ2) is 7.25. The van der Waals surface area contributed by atoms with Crippen LogP contribution in [-0.2, 0) is 0 Å². The van der Waals surface area contributed by atoms with E-state index in [2.05, 4.69) is 20.4 Å². The first-order valence-corrected chi connectivity index (χ1v) is 8.26. The van der Waals surface area contributed by atoms with Gasteiger partial charge in [0.15, 0.2) is 0 Å². The molecule has 2 aromatic heterocycles. The van der Waals surface area contributed by atoms with E-state index >= 15 is 0 Å². The summed E-state index contributed by atoms with van der Waals surface area (Å²) in [6, 6.07) is 15.5. The van der Waals surface area contributed by atoms with Crippen LogP contribution in [0.5, 0.6) is 5.75 Å². The summed E-state index contributed by atoms with van der Waals surface area (Å²) in [4.78, 5) is 8.67. The Kier molecular flexibility index (Phi) is 4.49. The van der Waals surface area contributed by atoms with Gasteiger partial charge in [0.25, 0.3) is 0 Å². The monoisotopic (exact) mass is 361 g/mol. The van der Waals surface area contributed by atoms with Crippen LogP contribution in [0.15, 0.2) is 73.2 Å². The SMILES string of the molecule is COc1ccc(-n2cc(-c3ccnc(Nc4cccc(F)c4)n3)cn2)cc1. The molecule has 0 aliphatic carbocycles. The lowest BCUT2D eigenvalue weighted by Gasteiger charge is -2.06. The number of hydrogen-bond donors (Lipinski definition) is 1. The van der Waals surface area contributed by atoms with E-state index in [0.717, 1.165) is 17.0 Å². The second-order valence-electron chi connectivity index (χ2n) is 5.77. The standard InChI is InChI=1S/C20H16FN5O/c1-27-18-7-5-17(6-8-18)26-13-14(12-23-26)19-9-10-22-20(25-19)24-16-4-2-3-15(21)11-16/h2-13H,1H3,(H,22,24,25). The number of ether oxygens (including phenoxy) is 1. The summed E-state index contributed by atoms with van der Waals surface area (Å²) in [5.74, 6) is 0.849. The molecule has 4 rings (SSSR count). The predicted molar refractivity (Wildman–Crippen MR) is 101 cm³/mol. The van der Waals surface area contributed by atoms with Gasteiger partial charge in [0.1, 0.15) is 11.6 Å². The third-order valence-electron chi connectivity index (χ3n) is 3.95. The van der Waals surface area contributed by atoms with Gasteiger partial charge >= 0.3 is 0 Å². The van der Waals surface area contributed by atoms with E-state index in [1.54, 1.807) is 42.4 Å². The number of methoxy groups -OCH3 is 1. The first-order valence-electron chi connectivity index (χ1n) is 8.26. The second-order valence-corrected chi connectivity index (χ2v) is 5.77. The zero-order chi connectivity index (χ0) is 18.6. The van der Waals surface area contributed by atoms with Crippen molar-refractivity contribution in [1.82, 2.24) is 19.7 Å². The highest BCUT2D eigenvalue weighted by atomic mass is 19.1. The van der Waals surface area contributed by atoms with Gasteiger partial charge in [-0.15, -0.1) is 0 Å². The van der Waals surface area contributed by atoms with Crippen molar-refractivity contribution in [2.45, 2.75) is 0 Å². The van der Waals surface area contributed by atoms with Crippen molar-refractivity contribution in [3.8, 4) is 22.7 Å². The van der Waals surface area contributed by atoms with Crippen LogP contribution in [0.3, 0.4) is 0 Å². The molecule has 1 N–H and O–H groups in total. The summed E-state index contributed by atoms with van der Waals surface area (Å²) < 4.78 is 20.3. The fourth-order valence-corrected chi connectivity index (χ4v) is 2.61. The van der Waals surface area contributed by atoms with Crippen LogP contribution in [0.25, 0.3) is 16.9 Å². The van der Waals surface area contributed by atoms with Gasteiger partial charge < -0.3 is 10.1 Å². The Morgan fingerprint density at radius 1 is 1.07 bits per heavy atom. The highest BCUT2D eigenvalue weighted by molar-refractivity contribution is 5.61. The largest absolute Gasteiger partial charge is 0.497 e. The van der Waals surface area contributed by atoms with E-state index in [4.69, 9.17) is 4.74 Å². The number of rotatable bonds is 5. The van der Waals surface area contributed by atoms with Crippen molar-refractivity contribution in [1.29, 1.82) is 0 Å². The molecule has 27 heavy (non-hydrogen) atoms. The van der Waals surface area contributed by atoms with Gasteiger partial charge in [0, 0.05) is 23.6 Å². The van der Waals surface area contributed by atoms with Crippen LogP contribution < -0.4 is 10.1 Å². The fourth-order valence-electron chi connectivity index (χ4n) is 2.61. The molecule has 0 bridgehead atoms. The molecule has 6 nitrogen and oxygen atoms in total. The lowest BCUT2D eigenvalue weighted by Crippen LogP contribution is -1.98. The van der Waals surface area contributed by atoms with E-state index in [0.29, 0.717) is 17.3 Å². The summed E-state index contributed by atoms with van der Waals surface area (Å²) in [5.41, 5.74) is 3.05. The maximum atomic E-state index is 13.3. The molecule has 0 saturated heterocycles. The molecule has 0 spiro atoms. The van der Waals surface area contributed by atoms with E-state index < -0.39 is 0 Å². The Hall–Kier alpha value is -3.74. The molecule has 0 unspecified atom stereocenters. The third kappa shape index (κ3) is 3.77. The first kappa shape index (κ1) is 16.7. The highest BCUT2D eigenvalue weighted by Gasteiger charge is 2.07. The summed E-state index contributed by atoms with van der Waals surface area (Å²) >= 11 is 0. The number of nitrogens with one attached hydrogen (secondary N) is 1. The van der Waals surface area contributed by atoms with E-state index in [-0.39, 0.29) is 5.82 Å². The molecular weight excluding hydrogens is 345 g/mol. The van der Waals surface area contributed by atoms with Crippen LogP contribution in [0.1, 0.15) is 0 Å². The molecule has 0 aliphatic heterocycles. The Morgan fingerprint density at radius 2 is 1.93 bits per heavy atom. The van der Waals surface area contributed by atoms with Gasteiger partial charge in [-0.05, 0) is 48.5 Å². The minimum absolute atomic E-state index is 0.322. The van der Waals surface area contributed by atoms with Crippen molar-refractivity contribution in [2.24, 2.45) is 0 Å². The van der Waals surface area contributed by atoms with Gasteiger partial charge in [-0.2, -0.15) is 5.10 Å². The molecule has 0 fully saturated rings. The normalized spacial score (nSPS) is 10.6. The molecule has 134 valence electrons. The molecule has 2 heterocycles. The average Bonchev–Trinajstić information content (AvgIpc) is 3.19. The van der Waals surface area contributed by atoms with E-state index in [9.17, 15) is 4.39 Å². The summed E-state index contributed by atoms with van der Waals surface area (Å²) in [7, 11) is 1.63. The smallest absolute Gasteiger partial charge is 0.227 e. The quantitative estimate of drug-likeness (QED) is 0.576. The van der Waals surface area contributed by atoms with Crippen LogP contribution in [0.2, 0.25) is 0 Å². The van der Waals surface area contributed by atoms with Gasteiger partial charge in [-0.1, -0.05) is 6.07 Å². The Balaban J connectivity index is 1.58. The van der Waals surface area contributed by atoms with Crippen LogP contribution in [-0.4, -0.2) is 26.9 Å². The Bertz CT molecular complexity index is 1060. The summed E-state index contributed by atoms with van der Waals surface area (Å²) in [6.07, 6.45) is 5.27. The summed E-state index contributed by atoms with van der Waals surface area (Å²) in [5, 5.41) is 7.39. The molecule has 4 aromatic rings. The molecule has 2 aromatic carbocycles. The number of aromatic nitrogens is 4. The zero-order valence-corrected chi connectivity index (χ0v) is 14.5. The lowest BCUT2D eigenvalue weighted by atomic mass is 10.2. The topological polar surface area (TPSA) is 64.9 Å². The van der Waals surface area contributed by atoms with Crippen molar-refractivity contribution in [2.75, 3.05) is 12.4 Å². The van der Waals surface area contributed by atoms with Crippen molar-refractivity contribution < 1.29 is 9.13 Å². The molecular formula is C20H16FN5O. The maximum Gasteiger partial charge on any atom is 0.227 e. The van der Waals surface area contributed by atoms with E-state index in [1.165, 1.54) is 12.1 Å². The Labute approximate surface area is 155 Å². The molecule has 0 saturated carbocycles. The van der Waals surface area contributed by atoms with Gasteiger partial charge in [-0.25, -0.2) is 19.0 Å². The van der Waals surface area contributed by atoms with Crippen molar-refractivity contribution in [3.63, 3.8) is 0 Å². The van der Waals surface area contributed by atoms with Crippen LogP contribution >= 0.6 is 0 Å². The molecule has 7 heteroatoms. The predicted octanol–water partition coefficient (Wildman–Crippen LogP) is 4.22. The van der Waals surface area contributed by atoms with E-state index in [1.807, 2.05) is 30.5 Å². The van der Waals surface area contributed by atoms with Gasteiger partial charge in [0.2, 0.25) is 5.95 Å². The highest BCUT2D eigenvalue weighted by Crippen LogP contribution is 2.21. The van der Waals surface area contributed by atoms with Crippen molar-refractivity contribution in [3.05, 3.63) is 79.0 Å². The van der Waals surface area contributed by atoms with Crippen LogP contribution in [0.4, 0.5) is 16.0 Å². The first-order chi connectivity index (χ1) is 13.2. The lowest BCUT2D eigenvalue weighted by molar-refractivity contribution is 0.414. The minimum atomic E-state index is -0.322. The minimum Gasteiger partial charge on any atom is -0.497 e. The summed E-state index contributed by atoms with van der Waals surface area (Å²) in [6.45, 7) is 0. The number of halogens is 1. The molecule has 0 aliphatic rings. The van der Waals surface area contributed by atoms with Gasteiger partial charge in [0.05, 0.1) is 24.7 Å². The van der Waals surface area contributed by atoms with Crippen molar-refractivity contribution >= 4 is 11.6 Å². The Morgan fingerprint density at radius 3 is 2.70 bits per heavy atom. The molecule has 0 radical (unpaired) electrons.